The molecule has 0 rings (SSSR count). The van der Waals surface area contributed by atoms with Crippen molar-refractivity contribution in [1.82, 2.24) is 0 Å². The molecule has 0 heterocycles. The Morgan fingerprint density at radius 1 is 1.44 bits per heavy atom. The Kier molecular flexibility index (Phi) is 4.43. The summed E-state index contributed by atoms with van der Waals surface area (Å²) in [5, 5.41) is 16.2. The van der Waals surface area contributed by atoms with E-state index in [1.807, 2.05) is 0 Å². The number of hydrogen-bond acceptors (Lipinski definition) is 4. The Hall–Kier alpha value is -1.10. The molecule has 4 heteroatoms. The second-order valence-electron chi connectivity index (χ2n) is 1.21. The molecule has 0 bridgehead atoms. The van der Waals surface area contributed by atoms with Gasteiger partial charge in [-0.15, -0.1) is 0 Å². The molecule has 0 unspecified atom stereocenters. The zero-order valence-electron chi connectivity index (χ0n) is 5.00. The molecule has 0 fully saturated rings. The molecule has 0 spiro atoms. The summed E-state index contributed by atoms with van der Waals surface area (Å²) in [5.41, 5.74) is 0. The van der Waals surface area contributed by atoms with E-state index in [4.69, 9.17) is 10.5 Å². The van der Waals surface area contributed by atoms with Gasteiger partial charge >= 0.3 is 0 Å². The third-order valence-corrected chi connectivity index (χ3v) is 0.587. The van der Waals surface area contributed by atoms with Gasteiger partial charge in [0.25, 0.3) is 0 Å². The van der Waals surface area contributed by atoms with E-state index < -0.39 is 6.10 Å². The Labute approximate surface area is 53.2 Å². The van der Waals surface area contributed by atoms with Crippen molar-refractivity contribution in [3.05, 3.63) is 0 Å². The van der Waals surface area contributed by atoms with Gasteiger partial charge in [-0.3, -0.25) is 0 Å². The van der Waals surface area contributed by atoms with Crippen LogP contribution in [0.4, 0.5) is 0 Å². The highest BCUT2D eigenvalue weighted by atomic mass is 16.7. The van der Waals surface area contributed by atoms with Crippen LogP contribution in [0.2, 0.25) is 0 Å². The number of rotatable bonds is 3. The van der Waals surface area contributed by atoms with Gasteiger partial charge in [-0.25, -0.2) is 0 Å². The molecule has 0 saturated carbocycles. The van der Waals surface area contributed by atoms with Crippen LogP contribution in [0.1, 0.15) is 0 Å². The number of nitriles is 2. The normalized spacial score (nSPS) is 8.44. The minimum absolute atomic E-state index is 0.0220. The predicted molar refractivity (Wildman–Crippen MR) is 28.0 cm³/mol. The summed E-state index contributed by atoms with van der Waals surface area (Å²) in [7, 11) is 1.42. The lowest BCUT2D eigenvalue weighted by molar-refractivity contribution is -0.0368. The van der Waals surface area contributed by atoms with E-state index >= 15 is 0 Å². The summed E-state index contributed by atoms with van der Waals surface area (Å²) in [6, 6.07) is 3.25. The molecule has 0 radical (unpaired) electrons. The average molecular weight is 126 g/mol. The zero-order chi connectivity index (χ0) is 7.11. The highest BCUT2D eigenvalue weighted by molar-refractivity contribution is 5.00. The van der Waals surface area contributed by atoms with E-state index in [0.717, 1.165) is 0 Å². The summed E-state index contributed by atoms with van der Waals surface area (Å²) < 4.78 is 9.00. The fraction of sp³-hybridized carbons (Fsp3) is 0.600. The molecule has 0 aromatic carbocycles. The third-order valence-electron chi connectivity index (χ3n) is 0.587. The number of methoxy groups -OCH3 is 1. The molecule has 0 aliphatic heterocycles. The zero-order valence-corrected chi connectivity index (χ0v) is 5.00. The molecular weight excluding hydrogens is 120 g/mol. The topological polar surface area (TPSA) is 66.0 Å². The second-order valence-corrected chi connectivity index (χ2v) is 1.21. The van der Waals surface area contributed by atoms with Crippen LogP contribution in [0, 0.1) is 22.7 Å². The van der Waals surface area contributed by atoms with Crippen molar-refractivity contribution in [2.24, 2.45) is 0 Å². The molecule has 0 aromatic rings. The van der Waals surface area contributed by atoms with Crippen LogP contribution in [-0.4, -0.2) is 20.0 Å². The minimum atomic E-state index is -1.01. The van der Waals surface area contributed by atoms with Gasteiger partial charge in [-0.2, -0.15) is 10.5 Å². The van der Waals surface area contributed by atoms with Crippen molar-refractivity contribution in [3.8, 4) is 12.1 Å². The van der Waals surface area contributed by atoms with Gasteiger partial charge < -0.3 is 9.47 Å². The van der Waals surface area contributed by atoms with Crippen molar-refractivity contribution >= 4 is 0 Å². The first-order chi connectivity index (χ1) is 4.35. The van der Waals surface area contributed by atoms with Gasteiger partial charge in [0.15, 0.2) is 0 Å². The van der Waals surface area contributed by atoms with Crippen LogP contribution in [0.15, 0.2) is 0 Å². The number of hydrogen-bond donors (Lipinski definition) is 0. The van der Waals surface area contributed by atoms with Crippen LogP contribution >= 0.6 is 0 Å². The molecule has 0 amide bonds. The molecular formula is C5H6N2O2. The van der Waals surface area contributed by atoms with E-state index in [1.165, 1.54) is 7.11 Å². The van der Waals surface area contributed by atoms with E-state index in [9.17, 15) is 0 Å². The summed E-state index contributed by atoms with van der Waals surface area (Å²) in [4.78, 5) is 0. The quantitative estimate of drug-likeness (QED) is 0.500. The first-order valence-electron chi connectivity index (χ1n) is 2.25. The first kappa shape index (κ1) is 7.90. The standard InChI is InChI=1S/C5H6N2O2/c1-8-4-9-5(2-6)3-7/h5H,4H2,1H3. The van der Waals surface area contributed by atoms with Crippen LogP contribution in [-0.2, 0) is 9.47 Å². The van der Waals surface area contributed by atoms with Crippen molar-refractivity contribution in [3.63, 3.8) is 0 Å². The lowest BCUT2D eigenvalue weighted by atomic mass is 10.4. The van der Waals surface area contributed by atoms with Gasteiger partial charge in [-0.1, -0.05) is 0 Å². The Morgan fingerprint density at radius 3 is 2.33 bits per heavy atom. The van der Waals surface area contributed by atoms with Crippen LogP contribution in [0.3, 0.4) is 0 Å². The van der Waals surface area contributed by atoms with Gasteiger partial charge in [0.05, 0.1) is 0 Å². The highest BCUT2D eigenvalue weighted by Gasteiger charge is 2.01. The molecule has 9 heavy (non-hydrogen) atoms. The van der Waals surface area contributed by atoms with E-state index in [-0.39, 0.29) is 6.79 Å². The fourth-order valence-corrected chi connectivity index (χ4v) is 0.239. The number of ether oxygens (including phenoxy) is 2. The summed E-state index contributed by atoms with van der Waals surface area (Å²) in [6.07, 6.45) is -1.01. The van der Waals surface area contributed by atoms with Gasteiger partial charge in [-0.05, 0) is 0 Å². The molecule has 4 nitrogen and oxygen atoms in total. The van der Waals surface area contributed by atoms with Gasteiger partial charge in [0.2, 0.25) is 6.10 Å². The minimum Gasteiger partial charge on any atom is -0.359 e. The molecule has 0 aromatic heterocycles. The van der Waals surface area contributed by atoms with E-state index in [2.05, 4.69) is 9.47 Å². The maximum atomic E-state index is 8.10. The fourth-order valence-electron chi connectivity index (χ4n) is 0.239. The SMILES string of the molecule is COCOC(C#N)C#N. The molecule has 0 N–H and O–H groups in total. The molecule has 0 saturated heterocycles. The molecule has 0 aliphatic carbocycles. The largest absolute Gasteiger partial charge is 0.359 e. The van der Waals surface area contributed by atoms with Crippen molar-refractivity contribution in [2.45, 2.75) is 6.10 Å². The Bertz CT molecular complexity index is 130. The summed E-state index contributed by atoms with van der Waals surface area (Å²) >= 11 is 0. The van der Waals surface area contributed by atoms with Gasteiger partial charge in [0.1, 0.15) is 18.9 Å². The smallest absolute Gasteiger partial charge is 0.232 e. The van der Waals surface area contributed by atoms with Crippen LogP contribution in [0.25, 0.3) is 0 Å². The maximum absolute atomic E-state index is 8.10. The lowest BCUT2D eigenvalue weighted by Crippen LogP contribution is -2.08. The van der Waals surface area contributed by atoms with E-state index in [1.54, 1.807) is 12.1 Å². The van der Waals surface area contributed by atoms with Crippen LogP contribution in [0.5, 0.6) is 0 Å². The van der Waals surface area contributed by atoms with Gasteiger partial charge in [0, 0.05) is 7.11 Å². The molecule has 48 valence electrons. The first-order valence-corrected chi connectivity index (χ1v) is 2.25. The third kappa shape index (κ3) is 3.48. The summed E-state index contributed by atoms with van der Waals surface area (Å²) in [5.74, 6) is 0. The van der Waals surface area contributed by atoms with Crippen molar-refractivity contribution in [1.29, 1.82) is 10.5 Å². The highest BCUT2D eigenvalue weighted by Crippen LogP contribution is 1.85. The summed E-state index contributed by atoms with van der Waals surface area (Å²) in [6.45, 7) is -0.0220. The Balaban J connectivity index is 3.38. The second kappa shape index (κ2) is 5.04. The molecule has 0 aliphatic rings. The average Bonchev–Trinajstić information content (AvgIpc) is 1.91. The predicted octanol–water partition coefficient (Wildman–Crippen LogP) is 0.0227. The van der Waals surface area contributed by atoms with E-state index in [0.29, 0.717) is 0 Å². The monoisotopic (exact) mass is 126 g/mol. The molecule has 0 atom stereocenters. The van der Waals surface area contributed by atoms with Crippen LogP contribution < -0.4 is 0 Å². The maximum Gasteiger partial charge on any atom is 0.232 e. The van der Waals surface area contributed by atoms with Crippen molar-refractivity contribution < 1.29 is 9.47 Å². The van der Waals surface area contributed by atoms with Crippen molar-refractivity contribution in [2.75, 3.05) is 13.9 Å². The number of nitrogens with zero attached hydrogens (tertiary/aromatic N) is 2. The lowest BCUT2D eigenvalue weighted by Gasteiger charge is -1.98. The Morgan fingerprint density at radius 2 is 2.00 bits per heavy atom.